The predicted octanol–water partition coefficient (Wildman–Crippen LogP) is 2.92. The SMILES string of the molecule is O=S(=O)(c1ccccc1Cl)N(CCCO)c1ccccc1. The van der Waals surface area contributed by atoms with Gasteiger partial charge in [0, 0.05) is 13.2 Å². The molecule has 0 unspecified atom stereocenters. The summed E-state index contributed by atoms with van der Waals surface area (Å²) in [5, 5.41) is 9.19. The fourth-order valence-corrected chi connectivity index (χ4v) is 3.97. The van der Waals surface area contributed by atoms with Crippen LogP contribution in [0.15, 0.2) is 59.5 Å². The summed E-state index contributed by atoms with van der Waals surface area (Å²) in [4.78, 5) is 0.0634. The van der Waals surface area contributed by atoms with Crippen molar-refractivity contribution in [3.63, 3.8) is 0 Å². The Morgan fingerprint density at radius 2 is 1.62 bits per heavy atom. The minimum atomic E-state index is -3.77. The first kappa shape index (κ1) is 15.8. The smallest absolute Gasteiger partial charge is 0.265 e. The topological polar surface area (TPSA) is 57.6 Å². The van der Waals surface area contributed by atoms with Crippen LogP contribution < -0.4 is 4.31 Å². The Kier molecular flexibility index (Phi) is 5.22. The minimum Gasteiger partial charge on any atom is -0.396 e. The molecule has 0 aromatic heterocycles. The Balaban J connectivity index is 2.48. The maximum Gasteiger partial charge on any atom is 0.265 e. The molecule has 2 aromatic carbocycles. The van der Waals surface area contributed by atoms with Crippen LogP contribution >= 0.6 is 11.6 Å². The van der Waals surface area contributed by atoms with Gasteiger partial charge in [-0.3, -0.25) is 4.31 Å². The first-order valence-corrected chi connectivity index (χ1v) is 8.32. The number of rotatable bonds is 6. The number of benzene rings is 2. The van der Waals surface area contributed by atoms with Crippen LogP contribution in [0, 0.1) is 0 Å². The number of para-hydroxylation sites is 1. The van der Waals surface area contributed by atoms with Crippen LogP contribution in [0.2, 0.25) is 5.02 Å². The van der Waals surface area contributed by atoms with Crippen molar-refractivity contribution in [1.29, 1.82) is 0 Å². The summed E-state index contributed by atoms with van der Waals surface area (Å²) in [7, 11) is -3.77. The average Bonchev–Trinajstić information content (AvgIpc) is 2.49. The van der Waals surface area contributed by atoms with Gasteiger partial charge < -0.3 is 5.11 Å². The number of nitrogens with zero attached hydrogens (tertiary/aromatic N) is 1. The van der Waals surface area contributed by atoms with Crippen LogP contribution in [0.4, 0.5) is 5.69 Å². The summed E-state index contributed by atoms with van der Waals surface area (Å²) < 4.78 is 26.9. The Hall–Kier alpha value is -1.56. The number of sulfonamides is 1. The largest absolute Gasteiger partial charge is 0.396 e. The zero-order valence-electron chi connectivity index (χ0n) is 11.3. The Morgan fingerprint density at radius 3 is 2.24 bits per heavy atom. The van der Waals surface area contributed by atoms with Crippen molar-refractivity contribution in [2.45, 2.75) is 11.3 Å². The lowest BCUT2D eigenvalue weighted by Crippen LogP contribution is -2.32. The van der Waals surface area contributed by atoms with E-state index in [0.717, 1.165) is 0 Å². The lowest BCUT2D eigenvalue weighted by atomic mass is 10.3. The number of anilines is 1. The molecule has 1 N–H and O–H groups in total. The van der Waals surface area contributed by atoms with Crippen molar-refractivity contribution >= 4 is 27.3 Å². The standard InChI is InChI=1S/C15H16ClNO3S/c16-14-9-4-5-10-15(14)21(19,20)17(11-6-12-18)13-7-2-1-3-8-13/h1-5,7-10,18H,6,11-12H2. The highest BCUT2D eigenvalue weighted by Gasteiger charge is 2.26. The van der Waals surface area contributed by atoms with Gasteiger partial charge in [0.05, 0.1) is 10.7 Å². The van der Waals surface area contributed by atoms with Crippen molar-refractivity contribution in [2.75, 3.05) is 17.5 Å². The van der Waals surface area contributed by atoms with Crippen LogP contribution in [-0.2, 0) is 10.0 Å². The average molecular weight is 326 g/mol. The zero-order valence-corrected chi connectivity index (χ0v) is 12.9. The molecule has 0 atom stereocenters. The molecule has 0 spiro atoms. The molecule has 0 radical (unpaired) electrons. The van der Waals surface area contributed by atoms with Crippen LogP contribution in [-0.4, -0.2) is 26.7 Å². The molecule has 0 aliphatic heterocycles. The van der Waals surface area contributed by atoms with Gasteiger partial charge in [-0.15, -0.1) is 0 Å². The fraction of sp³-hybridized carbons (Fsp3) is 0.200. The van der Waals surface area contributed by atoms with Gasteiger partial charge in [-0.05, 0) is 30.7 Å². The van der Waals surface area contributed by atoms with Gasteiger partial charge in [-0.25, -0.2) is 8.42 Å². The van der Waals surface area contributed by atoms with Gasteiger partial charge in [0.25, 0.3) is 10.0 Å². The van der Waals surface area contributed by atoms with Gasteiger partial charge in [-0.1, -0.05) is 41.9 Å². The number of aliphatic hydroxyl groups excluding tert-OH is 1. The first-order chi connectivity index (χ1) is 10.1. The predicted molar refractivity (Wildman–Crippen MR) is 84.1 cm³/mol. The van der Waals surface area contributed by atoms with E-state index in [-0.39, 0.29) is 23.1 Å². The van der Waals surface area contributed by atoms with E-state index in [2.05, 4.69) is 0 Å². The van der Waals surface area contributed by atoms with Crippen molar-refractivity contribution in [3.8, 4) is 0 Å². The highest BCUT2D eigenvalue weighted by atomic mass is 35.5. The number of aliphatic hydroxyl groups is 1. The molecule has 4 nitrogen and oxygen atoms in total. The second-order valence-corrected chi connectivity index (χ2v) is 6.66. The summed E-state index contributed by atoms with van der Waals surface area (Å²) in [6.45, 7) is 0.107. The van der Waals surface area contributed by atoms with Crippen LogP contribution in [0.3, 0.4) is 0 Å². The van der Waals surface area contributed by atoms with E-state index >= 15 is 0 Å². The molecule has 0 heterocycles. The highest BCUT2D eigenvalue weighted by molar-refractivity contribution is 7.93. The summed E-state index contributed by atoms with van der Waals surface area (Å²) >= 11 is 6.02. The van der Waals surface area contributed by atoms with E-state index in [0.29, 0.717) is 12.1 Å². The molecule has 2 aromatic rings. The van der Waals surface area contributed by atoms with Crippen LogP contribution in [0.5, 0.6) is 0 Å². The van der Waals surface area contributed by atoms with Crippen LogP contribution in [0.1, 0.15) is 6.42 Å². The van der Waals surface area contributed by atoms with E-state index in [1.54, 1.807) is 42.5 Å². The molecule has 0 aliphatic carbocycles. The third kappa shape index (κ3) is 3.56. The summed E-state index contributed by atoms with van der Waals surface area (Å²) in [6.07, 6.45) is 0.346. The summed E-state index contributed by atoms with van der Waals surface area (Å²) in [5.74, 6) is 0. The number of hydrogen-bond donors (Lipinski definition) is 1. The number of hydrogen-bond acceptors (Lipinski definition) is 3. The van der Waals surface area contributed by atoms with E-state index in [1.165, 1.54) is 10.4 Å². The molecule has 21 heavy (non-hydrogen) atoms. The second kappa shape index (κ2) is 6.93. The summed E-state index contributed by atoms with van der Waals surface area (Å²) in [6, 6.07) is 15.1. The maximum atomic E-state index is 12.8. The third-order valence-corrected chi connectivity index (χ3v) is 5.30. The van der Waals surface area contributed by atoms with Crippen LogP contribution in [0.25, 0.3) is 0 Å². The van der Waals surface area contributed by atoms with Gasteiger partial charge in [0.2, 0.25) is 0 Å². The quantitative estimate of drug-likeness (QED) is 0.888. The Bertz CT molecular complexity index is 689. The Labute approximate surface area is 129 Å². The molecule has 0 aliphatic rings. The Morgan fingerprint density at radius 1 is 1.00 bits per heavy atom. The van der Waals surface area contributed by atoms with E-state index in [4.69, 9.17) is 16.7 Å². The van der Waals surface area contributed by atoms with Gasteiger partial charge in [0.15, 0.2) is 0 Å². The van der Waals surface area contributed by atoms with Gasteiger partial charge in [-0.2, -0.15) is 0 Å². The zero-order chi connectivity index (χ0) is 15.3. The molecule has 2 rings (SSSR count). The van der Waals surface area contributed by atoms with Crippen molar-refractivity contribution in [3.05, 3.63) is 59.6 Å². The van der Waals surface area contributed by atoms with Crippen molar-refractivity contribution in [2.24, 2.45) is 0 Å². The molecule has 6 heteroatoms. The molecule has 0 saturated heterocycles. The highest BCUT2D eigenvalue weighted by Crippen LogP contribution is 2.28. The first-order valence-electron chi connectivity index (χ1n) is 6.50. The van der Waals surface area contributed by atoms with E-state index < -0.39 is 10.0 Å². The molecule has 0 saturated carbocycles. The fourth-order valence-electron chi connectivity index (χ4n) is 1.97. The van der Waals surface area contributed by atoms with E-state index in [9.17, 15) is 8.42 Å². The maximum absolute atomic E-state index is 12.8. The molecular formula is C15H16ClNO3S. The normalized spacial score (nSPS) is 11.3. The minimum absolute atomic E-state index is 0.0634. The molecule has 0 fully saturated rings. The van der Waals surface area contributed by atoms with E-state index in [1.807, 2.05) is 6.07 Å². The molecule has 0 amide bonds. The lowest BCUT2D eigenvalue weighted by molar-refractivity contribution is 0.291. The van der Waals surface area contributed by atoms with Crippen molar-refractivity contribution < 1.29 is 13.5 Å². The summed E-state index contributed by atoms with van der Waals surface area (Å²) in [5.41, 5.74) is 0.547. The second-order valence-electron chi connectivity index (χ2n) is 4.42. The molecular weight excluding hydrogens is 310 g/mol. The van der Waals surface area contributed by atoms with Crippen molar-refractivity contribution in [1.82, 2.24) is 0 Å². The van der Waals surface area contributed by atoms with Gasteiger partial charge in [0.1, 0.15) is 4.90 Å². The molecule has 112 valence electrons. The molecule has 0 bridgehead atoms. The lowest BCUT2D eigenvalue weighted by Gasteiger charge is -2.24. The van der Waals surface area contributed by atoms with Gasteiger partial charge >= 0.3 is 0 Å². The third-order valence-electron chi connectivity index (χ3n) is 2.97. The monoisotopic (exact) mass is 325 g/mol. The number of halogens is 1.